The second kappa shape index (κ2) is 37.3. The van der Waals surface area contributed by atoms with Crippen LogP contribution in [0, 0.1) is 16.0 Å². The van der Waals surface area contributed by atoms with Crippen LogP contribution in [0.1, 0.15) is 266 Å². The molecule has 23 heteroatoms. The molecule has 0 saturated carbocycles. The summed E-state index contributed by atoms with van der Waals surface area (Å²) in [4.78, 5) is 91.8. The largest absolute Gasteiger partial charge is 0.784 e. The molecule has 0 aromatic carbocycles. The van der Waals surface area contributed by atoms with Crippen LogP contribution in [0.25, 0.3) is 0 Å². The lowest BCUT2D eigenvalue weighted by Gasteiger charge is -2.59. The maximum absolute atomic E-state index is 14.4. The molecule has 4 aliphatic heterocycles. The molecule has 97 heavy (non-hydrogen) atoms. The second-order valence-electron chi connectivity index (χ2n) is 33.0. The van der Waals surface area contributed by atoms with Crippen molar-refractivity contribution in [2.24, 2.45) is 10.8 Å². The first-order valence-electron chi connectivity index (χ1n) is 36.3. The van der Waals surface area contributed by atoms with Crippen LogP contribution in [0.2, 0.25) is 0 Å². The summed E-state index contributed by atoms with van der Waals surface area (Å²) in [6, 6.07) is 0. The van der Waals surface area contributed by atoms with E-state index in [4.69, 9.17) is 52.2 Å². The molecule has 4 rings (SSSR count). The van der Waals surface area contributed by atoms with E-state index in [1.807, 2.05) is 74.3 Å². The first-order chi connectivity index (χ1) is 45.1. The number of nitrogens with zero attached hydrogens (tertiary/aromatic N) is 4. The predicted octanol–water partition coefficient (Wildman–Crippen LogP) is 12.5. The topological polar surface area (TPSA) is 260 Å². The standard InChI is InChI=1S/C74H131N4O19/c1-21-23-33-73(61(81)94-43-27-39-88-55-47-65(3,4)75(19)66(5,6)48-55,64(84)97-46-30-42-91-58-53-71(15,16)78(87-20)72(17,18)54-58)35-25-37-92-59(79)31-32-60(80)93-38-26-36-74(34-24-22-2,62(82)95-44-28-40-89-56-49-67(7,8)76(85)68(9,10)50-56)63(83)96-45-29-41-90-57-51-69(11,12)77(86)70(13,14)52-57/h31-32,55-58,85H,21-30,33-54H2,1-20H3/q-1/b32-31+. The number of carbonyl (C=O) groups is 6. The molecule has 2 unspecified atom stereocenters. The van der Waals surface area contributed by atoms with Gasteiger partial charge in [0.1, 0.15) is 0 Å². The Morgan fingerprint density at radius 3 is 0.938 bits per heavy atom. The van der Waals surface area contributed by atoms with Gasteiger partial charge in [-0.25, -0.2) is 9.59 Å². The predicted molar refractivity (Wildman–Crippen MR) is 370 cm³/mol. The third kappa shape index (κ3) is 25.0. The number of unbranched alkanes of at least 4 members (excludes halogenated alkanes) is 2. The molecule has 0 amide bonds. The minimum atomic E-state index is -1.73. The molecule has 4 saturated heterocycles. The maximum atomic E-state index is 14.4. The van der Waals surface area contributed by atoms with Crippen LogP contribution < -0.4 is 0 Å². The summed E-state index contributed by atoms with van der Waals surface area (Å²) in [6.07, 6.45) is 11.2. The number of ether oxygens (including phenoxy) is 10. The van der Waals surface area contributed by atoms with Gasteiger partial charge in [0.05, 0.1) is 97.6 Å². The first-order valence-corrected chi connectivity index (χ1v) is 36.3. The molecule has 0 aromatic rings. The molecule has 1 N–H and O–H groups in total. The fourth-order valence-corrected chi connectivity index (χ4v) is 15.7. The number of hydrogen-bond donors (Lipinski definition) is 1. The number of hydrogen-bond acceptors (Lipinski definition) is 23. The third-order valence-corrected chi connectivity index (χ3v) is 20.5. The number of hydroxylamine groups is 6. The number of esters is 6. The molecule has 2 atom stereocenters. The van der Waals surface area contributed by atoms with Crippen molar-refractivity contribution in [3.05, 3.63) is 17.4 Å². The second-order valence-corrected chi connectivity index (χ2v) is 33.0. The average Bonchev–Trinajstić information content (AvgIpc) is 0.814. The van der Waals surface area contributed by atoms with E-state index < -0.39 is 68.8 Å². The zero-order valence-electron chi connectivity index (χ0n) is 63.7. The van der Waals surface area contributed by atoms with Crippen molar-refractivity contribution in [1.29, 1.82) is 0 Å². The molecule has 4 aliphatic rings. The van der Waals surface area contributed by atoms with Gasteiger partial charge in [0.2, 0.25) is 0 Å². The Hall–Kier alpha value is -3.88. The molecule has 0 aromatic heterocycles. The zero-order chi connectivity index (χ0) is 72.9. The summed E-state index contributed by atoms with van der Waals surface area (Å²) < 4.78 is 59.7. The molecule has 0 bridgehead atoms. The van der Waals surface area contributed by atoms with Crippen molar-refractivity contribution in [2.45, 2.75) is 335 Å². The maximum Gasteiger partial charge on any atom is 0.331 e. The van der Waals surface area contributed by atoms with E-state index in [9.17, 15) is 39.2 Å². The lowest BCUT2D eigenvalue weighted by Crippen LogP contribution is -2.61. The number of piperidine rings is 4. The molecule has 23 nitrogen and oxygen atoms in total. The molecule has 4 fully saturated rings. The molecular formula is C74H131N4O19-. The van der Waals surface area contributed by atoms with E-state index >= 15 is 0 Å². The minimum Gasteiger partial charge on any atom is -0.784 e. The van der Waals surface area contributed by atoms with Gasteiger partial charge in [0.15, 0.2) is 10.8 Å². The van der Waals surface area contributed by atoms with Gasteiger partial charge in [-0.15, -0.1) is 0 Å². The van der Waals surface area contributed by atoms with Gasteiger partial charge in [0, 0.05) is 82.1 Å². The molecule has 0 radical (unpaired) electrons. The van der Waals surface area contributed by atoms with Crippen LogP contribution in [0.15, 0.2) is 12.2 Å². The highest BCUT2D eigenvalue weighted by molar-refractivity contribution is 6.00. The normalized spacial score (nSPS) is 22.7. The van der Waals surface area contributed by atoms with Crippen molar-refractivity contribution in [1.82, 2.24) is 20.1 Å². The highest BCUT2D eigenvalue weighted by atomic mass is 16.7. The van der Waals surface area contributed by atoms with Gasteiger partial charge in [-0.05, 0) is 208 Å². The van der Waals surface area contributed by atoms with E-state index in [1.54, 1.807) is 7.11 Å². The minimum absolute atomic E-state index is 0.0121. The number of carbonyl (C=O) groups excluding carboxylic acids is 6. The van der Waals surface area contributed by atoms with Crippen molar-refractivity contribution < 1.29 is 86.2 Å². The quantitative estimate of drug-likeness (QED) is 0.0196. The SMILES string of the molecule is CCCCC(CCCOC(=O)/C=C/C(=O)OCCCC(CCCC)(C(=O)OCCCOC1CC(C)(C)N(C)C(C)(C)C1)C(=O)OCCCOC1CC(C)(C)N(OC)C(C)(C)C1)(C(=O)OCCCOC1CC(C)(C)N([O-])C(C)(C)C1)C(=O)OCCCOC1CC(C)(C)N(O)C(C)(C)C1. The fourth-order valence-electron chi connectivity index (χ4n) is 15.7. The molecule has 0 aliphatic carbocycles. The molecule has 0 spiro atoms. The lowest BCUT2D eigenvalue weighted by molar-refractivity contribution is -0.280. The zero-order valence-corrected chi connectivity index (χ0v) is 63.7. The van der Waals surface area contributed by atoms with Crippen LogP contribution in [0.5, 0.6) is 0 Å². The van der Waals surface area contributed by atoms with Gasteiger partial charge >= 0.3 is 35.8 Å². The van der Waals surface area contributed by atoms with Crippen LogP contribution in [0.3, 0.4) is 0 Å². The Kier molecular flexibility index (Phi) is 32.9. The van der Waals surface area contributed by atoms with Crippen LogP contribution in [-0.2, 0) is 81.0 Å². The van der Waals surface area contributed by atoms with Crippen molar-refractivity contribution in [3.63, 3.8) is 0 Å². The van der Waals surface area contributed by atoms with E-state index in [0.717, 1.165) is 42.9 Å². The van der Waals surface area contributed by atoms with Gasteiger partial charge in [-0.3, -0.25) is 24.1 Å². The van der Waals surface area contributed by atoms with Gasteiger partial charge in [-0.1, -0.05) is 39.5 Å². The third-order valence-electron chi connectivity index (χ3n) is 20.5. The lowest BCUT2D eigenvalue weighted by atomic mass is 9.78. The van der Waals surface area contributed by atoms with Crippen molar-refractivity contribution in [2.75, 3.05) is 80.2 Å². The summed E-state index contributed by atoms with van der Waals surface area (Å²) in [6.45, 7) is 37.5. The van der Waals surface area contributed by atoms with Gasteiger partial charge in [0.25, 0.3) is 0 Å². The molecule has 4 heterocycles. The number of rotatable bonds is 41. The Bertz CT molecular complexity index is 2380. The Balaban J connectivity index is 1.38. The van der Waals surface area contributed by atoms with Gasteiger partial charge in [-0.2, -0.15) is 10.1 Å². The summed E-state index contributed by atoms with van der Waals surface area (Å²) in [5.41, 5.74) is -6.33. The van der Waals surface area contributed by atoms with Crippen LogP contribution >= 0.6 is 0 Å². The Morgan fingerprint density at radius 1 is 0.392 bits per heavy atom. The van der Waals surface area contributed by atoms with Gasteiger partial charge < -0.3 is 67.7 Å². The highest BCUT2D eigenvalue weighted by Gasteiger charge is 2.52. The summed E-state index contributed by atoms with van der Waals surface area (Å²) in [5, 5.41) is 28.3. The van der Waals surface area contributed by atoms with E-state index in [0.29, 0.717) is 90.3 Å². The fraction of sp³-hybridized carbons (Fsp3) is 0.892. The van der Waals surface area contributed by atoms with Crippen LogP contribution in [-0.4, -0.2) is 210 Å². The van der Waals surface area contributed by atoms with E-state index in [-0.39, 0.29) is 138 Å². The van der Waals surface area contributed by atoms with Crippen LogP contribution in [0.4, 0.5) is 0 Å². The monoisotopic (exact) mass is 1380 g/mol. The molecule has 562 valence electrons. The van der Waals surface area contributed by atoms with E-state index in [2.05, 4.69) is 67.3 Å². The Labute approximate surface area is 582 Å². The summed E-state index contributed by atoms with van der Waals surface area (Å²) in [5.74, 6) is -4.65. The number of likely N-dealkylation sites (tertiary alicyclic amines) is 1. The van der Waals surface area contributed by atoms with E-state index in [1.165, 1.54) is 5.06 Å². The first kappa shape index (κ1) is 85.5. The Morgan fingerprint density at radius 2 is 0.649 bits per heavy atom. The summed E-state index contributed by atoms with van der Waals surface area (Å²) >= 11 is 0. The summed E-state index contributed by atoms with van der Waals surface area (Å²) in [7, 11) is 3.82. The highest BCUT2D eigenvalue weighted by Crippen LogP contribution is 2.43. The van der Waals surface area contributed by atoms with Crippen molar-refractivity contribution >= 4 is 35.8 Å². The molecular weight excluding hydrogens is 1250 g/mol. The average molecular weight is 1380 g/mol. The van der Waals surface area contributed by atoms with Crippen molar-refractivity contribution in [3.8, 4) is 0 Å². The smallest absolute Gasteiger partial charge is 0.331 e.